The molecule has 0 saturated carbocycles. The number of amides is 1. The van der Waals surface area contributed by atoms with Crippen LogP contribution < -0.4 is 0 Å². The molecule has 0 aromatic carbocycles. The van der Waals surface area contributed by atoms with Crippen LogP contribution in [0.5, 0.6) is 0 Å². The molecule has 1 aliphatic heterocycles. The molecule has 8 nitrogen and oxygen atoms in total. The van der Waals surface area contributed by atoms with Gasteiger partial charge in [0.15, 0.2) is 5.82 Å². The monoisotopic (exact) mass is 324 g/mol. The lowest BCUT2D eigenvalue weighted by Crippen LogP contribution is -2.39. The molecule has 0 bridgehead atoms. The van der Waals surface area contributed by atoms with Crippen molar-refractivity contribution in [3.8, 4) is 0 Å². The minimum atomic E-state index is -0.0000709. The van der Waals surface area contributed by atoms with Gasteiger partial charge in [0.1, 0.15) is 6.54 Å². The van der Waals surface area contributed by atoms with Crippen molar-refractivity contribution in [2.75, 3.05) is 27.2 Å². The Balaban J connectivity index is 1.88. The Kier molecular flexibility index (Phi) is 6.47. The van der Waals surface area contributed by atoms with Crippen LogP contribution in [0.25, 0.3) is 0 Å². The summed E-state index contributed by atoms with van der Waals surface area (Å²) in [5.74, 6) is 0.705. The predicted molar refractivity (Wildman–Crippen MR) is 85.6 cm³/mol. The number of rotatable bonds is 7. The average Bonchev–Trinajstić information content (AvgIpc) is 2.95. The van der Waals surface area contributed by atoms with Crippen LogP contribution in [0.2, 0.25) is 0 Å². The first-order chi connectivity index (χ1) is 11.0. The van der Waals surface area contributed by atoms with Crippen molar-refractivity contribution in [3.63, 3.8) is 0 Å². The minimum absolute atomic E-state index is 0.0000709. The Morgan fingerprint density at radius 1 is 1.39 bits per heavy atom. The molecule has 1 aliphatic rings. The van der Waals surface area contributed by atoms with Crippen LogP contribution in [-0.2, 0) is 22.6 Å². The molecule has 0 unspecified atom stereocenters. The number of aromatic nitrogens is 4. The normalized spacial score (nSPS) is 18.6. The summed E-state index contributed by atoms with van der Waals surface area (Å²) in [5, 5.41) is 11.7. The quantitative estimate of drug-likeness (QED) is 0.729. The highest BCUT2D eigenvalue weighted by Crippen LogP contribution is 2.13. The molecule has 1 amide bonds. The third-order valence-corrected chi connectivity index (χ3v) is 4.34. The molecule has 0 radical (unpaired) electrons. The molecular formula is C15H28N6O2. The maximum atomic E-state index is 12.4. The summed E-state index contributed by atoms with van der Waals surface area (Å²) in [6.07, 6.45) is 3.46. The highest BCUT2D eigenvalue weighted by molar-refractivity contribution is 5.75. The molecule has 0 aliphatic carbocycles. The second-order valence-electron chi connectivity index (χ2n) is 6.52. The summed E-state index contributed by atoms with van der Waals surface area (Å²) in [4.78, 5) is 16.2. The average molecular weight is 324 g/mol. The van der Waals surface area contributed by atoms with Crippen LogP contribution >= 0.6 is 0 Å². The Hall–Kier alpha value is -1.54. The van der Waals surface area contributed by atoms with E-state index in [-0.39, 0.29) is 18.6 Å². The summed E-state index contributed by atoms with van der Waals surface area (Å²) < 4.78 is 7.27. The van der Waals surface area contributed by atoms with Crippen LogP contribution in [0.1, 0.15) is 38.9 Å². The number of nitrogens with zero attached hydrogens (tertiary/aromatic N) is 6. The topological polar surface area (TPSA) is 76.4 Å². The smallest absolute Gasteiger partial charge is 0.244 e. The summed E-state index contributed by atoms with van der Waals surface area (Å²) in [6, 6.07) is 0.391. The van der Waals surface area contributed by atoms with E-state index in [1.54, 1.807) is 9.58 Å². The number of ether oxygens (including phenoxy) is 1. The van der Waals surface area contributed by atoms with Gasteiger partial charge >= 0.3 is 0 Å². The zero-order valence-corrected chi connectivity index (χ0v) is 14.6. The lowest BCUT2D eigenvalue weighted by molar-refractivity contribution is -0.133. The van der Waals surface area contributed by atoms with Crippen molar-refractivity contribution in [1.82, 2.24) is 30.0 Å². The maximum Gasteiger partial charge on any atom is 0.244 e. The fourth-order valence-electron chi connectivity index (χ4n) is 2.47. The largest absolute Gasteiger partial charge is 0.376 e. The third-order valence-electron chi connectivity index (χ3n) is 4.34. The van der Waals surface area contributed by atoms with Crippen LogP contribution in [-0.4, -0.2) is 75.3 Å². The van der Waals surface area contributed by atoms with Gasteiger partial charge in [-0.1, -0.05) is 0 Å². The van der Waals surface area contributed by atoms with Gasteiger partial charge < -0.3 is 9.64 Å². The molecular weight excluding hydrogens is 296 g/mol. The van der Waals surface area contributed by atoms with E-state index < -0.39 is 0 Å². The Morgan fingerprint density at radius 2 is 2.17 bits per heavy atom. The molecule has 2 rings (SSSR count). The van der Waals surface area contributed by atoms with E-state index in [0.717, 1.165) is 19.4 Å². The minimum Gasteiger partial charge on any atom is -0.376 e. The van der Waals surface area contributed by atoms with Crippen molar-refractivity contribution in [1.29, 1.82) is 0 Å². The number of carbonyl (C=O) groups excluding carboxylic acids is 1. The molecule has 130 valence electrons. The fourth-order valence-corrected chi connectivity index (χ4v) is 2.47. The van der Waals surface area contributed by atoms with Gasteiger partial charge in [-0.2, -0.15) is 0 Å². The van der Waals surface area contributed by atoms with Crippen LogP contribution in [0, 0.1) is 0 Å². The Morgan fingerprint density at radius 3 is 2.83 bits per heavy atom. The van der Waals surface area contributed by atoms with Crippen molar-refractivity contribution in [2.45, 2.75) is 58.3 Å². The first-order valence-electron chi connectivity index (χ1n) is 8.28. The molecule has 2 heterocycles. The SMILES string of the molecule is CC(C)N(C)Cc1nnnn1CC(=O)N(C)C[C@@H]1CCCCO1. The summed E-state index contributed by atoms with van der Waals surface area (Å²) in [7, 11) is 3.82. The van der Waals surface area contributed by atoms with Gasteiger partial charge in [0.25, 0.3) is 0 Å². The van der Waals surface area contributed by atoms with Crippen molar-refractivity contribution >= 4 is 5.91 Å². The van der Waals surface area contributed by atoms with E-state index in [2.05, 4.69) is 34.3 Å². The van der Waals surface area contributed by atoms with E-state index >= 15 is 0 Å². The molecule has 8 heteroatoms. The van der Waals surface area contributed by atoms with E-state index in [1.807, 2.05) is 14.1 Å². The van der Waals surface area contributed by atoms with Gasteiger partial charge in [-0.25, -0.2) is 4.68 Å². The highest BCUT2D eigenvalue weighted by Gasteiger charge is 2.20. The summed E-state index contributed by atoms with van der Waals surface area (Å²) >= 11 is 0. The lowest BCUT2D eigenvalue weighted by Gasteiger charge is -2.27. The fraction of sp³-hybridized carbons (Fsp3) is 0.867. The van der Waals surface area contributed by atoms with Crippen LogP contribution in [0.4, 0.5) is 0 Å². The highest BCUT2D eigenvalue weighted by atomic mass is 16.5. The predicted octanol–water partition coefficient (Wildman–Crippen LogP) is 0.541. The van der Waals surface area contributed by atoms with E-state index in [9.17, 15) is 4.79 Å². The molecule has 23 heavy (non-hydrogen) atoms. The van der Waals surface area contributed by atoms with Gasteiger partial charge in [-0.15, -0.1) is 5.10 Å². The first kappa shape index (κ1) is 17.8. The summed E-state index contributed by atoms with van der Waals surface area (Å²) in [5.41, 5.74) is 0. The van der Waals surface area contributed by atoms with Gasteiger partial charge in [-0.3, -0.25) is 9.69 Å². The van der Waals surface area contributed by atoms with E-state index in [0.29, 0.717) is 25.0 Å². The third kappa shape index (κ3) is 5.24. The molecule has 1 aromatic rings. The molecule has 1 atom stereocenters. The number of carbonyl (C=O) groups is 1. The van der Waals surface area contributed by atoms with Gasteiger partial charge in [0.05, 0.1) is 12.6 Å². The molecule has 0 spiro atoms. The van der Waals surface area contributed by atoms with Gasteiger partial charge in [0, 0.05) is 26.2 Å². The molecule has 1 saturated heterocycles. The molecule has 0 N–H and O–H groups in total. The van der Waals surface area contributed by atoms with Crippen molar-refractivity contribution in [3.05, 3.63) is 5.82 Å². The molecule has 1 aromatic heterocycles. The first-order valence-corrected chi connectivity index (χ1v) is 8.28. The van der Waals surface area contributed by atoms with Gasteiger partial charge in [0.2, 0.25) is 5.91 Å². The van der Waals surface area contributed by atoms with Crippen LogP contribution in [0.3, 0.4) is 0 Å². The van der Waals surface area contributed by atoms with E-state index in [4.69, 9.17) is 4.74 Å². The van der Waals surface area contributed by atoms with Crippen molar-refractivity contribution < 1.29 is 9.53 Å². The zero-order chi connectivity index (χ0) is 16.8. The van der Waals surface area contributed by atoms with Crippen molar-refractivity contribution in [2.24, 2.45) is 0 Å². The number of likely N-dealkylation sites (N-methyl/N-ethyl adjacent to an activating group) is 1. The second kappa shape index (κ2) is 8.35. The number of tetrazole rings is 1. The molecule has 1 fully saturated rings. The summed E-state index contributed by atoms with van der Waals surface area (Å²) in [6.45, 7) is 6.42. The standard InChI is InChI=1S/C15H28N6O2/c1-12(2)19(3)10-14-16-17-18-21(14)11-15(22)20(4)9-13-7-5-6-8-23-13/h12-13H,5-11H2,1-4H3/t13-/m0/s1. The maximum absolute atomic E-state index is 12.4. The Labute approximate surface area is 137 Å². The number of hydrogen-bond acceptors (Lipinski definition) is 6. The van der Waals surface area contributed by atoms with Crippen LogP contribution in [0.15, 0.2) is 0 Å². The van der Waals surface area contributed by atoms with Gasteiger partial charge in [-0.05, 0) is 50.6 Å². The van der Waals surface area contributed by atoms with E-state index in [1.165, 1.54) is 6.42 Å². The Bertz CT molecular complexity index is 498. The zero-order valence-electron chi connectivity index (χ0n) is 14.6. The number of hydrogen-bond donors (Lipinski definition) is 0. The lowest BCUT2D eigenvalue weighted by atomic mass is 10.1. The second-order valence-corrected chi connectivity index (χ2v) is 6.52.